The SMILES string of the molecule is CCc1cccc2c(C(CC(=O)NCCc3ccc(Cl)cc3Cl)c3ccc(Cl)cc3)c[nH]c12. The summed E-state index contributed by atoms with van der Waals surface area (Å²) in [4.78, 5) is 16.4. The highest BCUT2D eigenvalue weighted by Crippen LogP contribution is 2.35. The number of aromatic nitrogens is 1. The number of aromatic amines is 1. The lowest BCUT2D eigenvalue weighted by Crippen LogP contribution is -2.27. The number of aryl methyl sites for hydroxylation is 1. The molecule has 2 N–H and O–H groups in total. The van der Waals surface area contributed by atoms with Crippen molar-refractivity contribution in [3.8, 4) is 0 Å². The first kappa shape index (κ1) is 23.7. The number of nitrogens with one attached hydrogen (secondary N) is 2. The Bertz CT molecular complexity index is 1260. The minimum atomic E-state index is -0.0951. The first-order chi connectivity index (χ1) is 16.0. The molecule has 0 saturated carbocycles. The van der Waals surface area contributed by atoms with Gasteiger partial charge in [-0.05, 0) is 59.4 Å². The number of carbonyl (C=O) groups is 1. The second kappa shape index (κ2) is 10.6. The Kier molecular flexibility index (Phi) is 7.64. The van der Waals surface area contributed by atoms with Gasteiger partial charge in [0, 0.05) is 51.1 Å². The van der Waals surface area contributed by atoms with E-state index in [-0.39, 0.29) is 11.8 Å². The minimum absolute atomic E-state index is 0.0129. The molecule has 0 fully saturated rings. The summed E-state index contributed by atoms with van der Waals surface area (Å²) in [7, 11) is 0. The van der Waals surface area contributed by atoms with Crippen LogP contribution in [-0.4, -0.2) is 17.4 Å². The predicted molar refractivity (Wildman–Crippen MR) is 139 cm³/mol. The Morgan fingerprint density at radius 1 is 0.970 bits per heavy atom. The van der Waals surface area contributed by atoms with Gasteiger partial charge in [-0.1, -0.05) is 78.1 Å². The third-order valence-electron chi connectivity index (χ3n) is 5.98. The molecule has 1 aromatic heterocycles. The molecule has 0 radical (unpaired) electrons. The maximum Gasteiger partial charge on any atom is 0.220 e. The molecule has 33 heavy (non-hydrogen) atoms. The molecule has 0 aliphatic heterocycles. The summed E-state index contributed by atoms with van der Waals surface area (Å²) in [5, 5.41) is 6.09. The molecule has 0 spiro atoms. The van der Waals surface area contributed by atoms with Crippen molar-refractivity contribution in [3.05, 3.63) is 104 Å². The number of hydrogen-bond donors (Lipinski definition) is 2. The van der Waals surface area contributed by atoms with Crippen LogP contribution in [0.25, 0.3) is 10.9 Å². The van der Waals surface area contributed by atoms with E-state index in [4.69, 9.17) is 34.8 Å². The molecule has 3 nitrogen and oxygen atoms in total. The van der Waals surface area contributed by atoms with E-state index in [0.717, 1.165) is 34.0 Å². The summed E-state index contributed by atoms with van der Waals surface area (Å²) in [5.74, 6) is -0.108. The van der Waals surface area contributed by atoms with Gasteiger partial charge in [0.2, 0.25) is 5.91 Å². The first-order valence-corrected chi connectivity index (χ1v) is 12.1. The predicted octanol–water partition coefficient (Wildman–Crippen LogP) is 7.57. The van der Waals surface area contributed by atoms with Crippen LogP contribution < -0.4 is 5.32 Å². The van der Waals surface area contributed by atoms with Gasteiger partial charge >= 0.3 is 0 Å². The van der Waals surface area contributed by atoms with Crippen molar-refractivity contribution in [2.75, 3.05) is 6.54 Å². The fourth-order valence-corrected chi connectivity index (χ4v) is 4.87. The standard InChI is InChI=1S/C27H25Cl3N2O/c1-2-17-4-3-5-22-24(16-32-27(17)22)23(18-6-9-20(28)10-7-18)15-26(33)31-13-12-19-8-11-21(29)14-25(19)30/h3-11,14,16,23,32H,2,12-13,15H2,1H3,(H,31,33). The van der Waals surface area contributed by atoms with Crippen LogP contribution in [-0.2, 0) is 17.6 Å². The quantitative estimate of drug-likeness (QED) is 0.258. The lowest BCUT2D eigenvalue weighted by molar-refractivity contribution is -0.121. The van der Waals surface area contributed by atoms with Gasteiger partial charge in [-0.2, -0.15) is 0 Å². The first-order valence-electron chi connectivity index (χ1n) is 11.0. The van der Waals surface area contributed by atoms with Gasteiger partial charge < -0.3 is 10.3 Å². The van der Waals surface area contributed by atoms with E-state index in [9.17, 15) is 4.79 Å². The van der Waals surface area contributed by atoms with Crippen LogP contribution in [0.3, 0.4) is 0 Å². The Labute approximate surface area is 209 Å². The third-order valence-corrected chi connectivity index (χ3v) is 6.82. The van der Waals surface area contributed by atoms with E-state index in [1.807, 2.05) is 42.6 Å². The number of rotatable bonds is 8. The smallest absolute Gasteiger partial charge is 0.220 e. The maximum atomic E-state index is 13.0. The van der Waals surface area contributed by atoms with Gasteiger partial charge in [0.25, 0.3) is 0 Å². The molecule has 0 bridgehead atoms. The fraction of sp³-hybridized carbons (Fsp3) is 0.222. The van der Waals surface area contributed by atoms with Crippen LogP contribution >= 0.6 is 34.8 Å². The highest BCUT2D eigenvalue weighted by Gasteiger charge is 2.22. The zero-order valence-electron chi connectivity index (χ0n) is 18.3. The average molecular weight is 500 g/mol. The third kappa shape index (κ3) is 5.55. The van der Waals surface area contributed by atoms with Gasteiger partial charge in [-0.15, -0.1) is 0 Å². The second-order valence-corrected chi connectivity index (χ2v) is 9.36. The molecule has 1 amide bonds. The summed E-state index contributed by atoms with van der Waals surface area (Å²) >= 11 is 18.4. The van der Waals surface area contributed by atoms with Crippen LogP contribution in [0, 0.1) is 0 Å². The zero-order valence-corrected chi connectivity index (χ0v) is 20.6. The van der Waals surface area contributed by atoms with Gasteiger partial charge in [0.15, 0.2) is 0 Å². The highest BCUT2D eigenvalue weighted by molar-refractivity contribution is 6.35. The number of H-pyrrole nitrogens is 1. The van der Waals surface area contributed by atoms with Crippen molar-refractivity contribution >= 4 is 51.6 Å². The van der Waals surface area contributed by atoms with E-state index in [2.05, 4.69) is 35.4 Å². The highest BCUT2D eigenvalue weighted by atomic mass is 35.5. The van der Waals surface area contributed by atoms with Crippen molar-refractivity contribution in [3.63, 3.8) is 0 Å². The average Bonchev–Trinajstić information content (AvgIpc) is 3.24. The van der Waals surface area contributed by atoms with E-state index in [1.54, 1.807) is 6.07 Å². The number of para-hydroxylation sites is 1. The van der Waals surface area contributed by atoms with E-state index >= 15 is 0 Å². The number of carbonyl (C=O) groups excluding carboxylic acids is 1. The molecule has 170 valence electrons. The molecule has 4 aromatic rings. The van der Waals surface area contributed by atoms with Gasteiger partial charge in [0.05, 0.1) is 0 Å². The largest absolute Gasteiger partial charge is 0.361 e. The Morgan fingerprint density at radius 3 is 2.45 bits per heavy atom. The lowest BCUT2D eigenvalue weighted by Gasteiger charge is -2.18. The van der Waals surface area contributed by atoms with E-state index < -0.39 is 0 Å². The molecule has 1 unspecified atom stereocenters. The van der Waals surface area contributed by atoms with Crippen LogP contribution in [0.2, 0.25) is 15.1 Å². The summed E-state index contributed by atoms with van der Waals surface area (Å²) in [5.41, 5.74) is 5.51. The number of hydrogen-bond acceptors (Lipinski definition) is 1. The molecule has 6 heteroatoms. The molecular formula is C27H25Cl3N2O. The molecule has 0 aliphatic rings. The number of benzene rings is 3. The van der Waals surface area contributed by atoms with Crippen molar-refractivity contribution < 1.29 is 4.79 Å². The van der Waals surface area contributed by atoms with Crippen molar-refractivity contribution in [2.24, 2.45) is 0 Å². The minimum Gasteiger partial charge on any atom is -0.361 e. The van der Waals surface area contributed by atoms with Crippen molar-refractivity contribution in [1.29, 1.82) is 0 Å². The molecule has 0 aliphatic carbocycles. The maximum absolute atomic E-state index is 13.0. The summed E-state index contributed by atoms with van der Waals surface area (Å²) in [6.07, 6.45) is 3.94. The Morgan fingerprint density at radius 2 is 1.73 bits per heavy atom. The normalized spacial score (nSPS) is 12.1. The number of fused-ring (bicyclic) bond motifs is 1. The van der Waals surface area contributed by atoms with Gasteiger partial charge in [0.1, 0.15) is 0 Å². The second-order valence-electron chi connectivity index (χ2n) is 8.08. The Balaban J connectivity index is 1.54. The summed E-state index contributed by atoms with van der Waals surface area (Å²) < 4.78 is 0. The summed E-state index contributed by atoms with van der Waals surface area (Å²) in [6.45, 7) is 2.65. The van der Waals surface area contributed by atoms with E-state index in [0.29, 0.717) is 34.5 Å². The van der Waals surface area contributed by atoms with Crippen LogP contribution in [0.4, 0.5) is 0 Å². The molecular weight excluding hydrogens is 475 g/mol. The molecule has 1 heterocycles. The molecule has 0 saturated heterocycles. The topological polar surface area (TPSA) is 44.9 Å². The van der Waals surface area contributed by atoms with Crippen molar-refractivity contribution in [1.82, 2.24) is 10.3 Å². The van der Waals surface area contributed by atoms with Crippen LogP contribution in [0.1, 0.15) is 41.5 Å². The molecule has 4 rings (SSSR count). The zero-order chi connectivity index (χ0) is 23.4. The number of amides is 1. The van der Waals surface area contributed by atoms with E-state index in [1.165, 1.54) is 5.56 Å². The van der Waals surface area contributed by atoms with Crippen LogP contribution in [0.5, 0.6) is 0 Å². The Hall–Kier alpha value is -2.46. The van der Waals surface area contributed by atoms with Crippen LogP contribution in [0.15, 0.2) is 66.9 Å². The molecule has 3 aromatic carbocycles. The van der Waals surface area contributed by atoms with Gasteiger partial charge in [-0.3, -0.25) is 4.79 Å². The summed E-state index contributed by atoms with van der Waals surface area (Å²) in [6, 6.07) is 19.5. The number of halogens is 3. The van der Waals surface area contributed by atoms with Crippen molar-refractivity contribution in [2.45, 2.75) is 32.1 Å². The fourth-order valence-electron chi connectivity index (χ4n) is 4.24. The lowest BCUT2D eigenvalue weighted by atomic mass is 9.87. The van der Waals surface area contributed by atoms with Gasteiger partial charge in [-0.25, -0.2) is 0 Å². The molecule has 1 atom stereocenters. The monoisotopic (exact) mass is 498 g/mol.